The monoisotopic (exact) mass is 486 g/mol. The van der Waals surface area contributed by atoms with E-state index in [0.717, 1.165) is 5.69 Å². The molecule has 9 nitrogen and oxygen atoms in total. The topological polar surface area (TPSA) is 116 Å². The molecule has 4 aromatic rings. The molecule has 0 aliphatic rings. The van der Waals surface area contributed by atoms with Crippen LogP contribution in [-0.2, 0) is 4.79 Å². The van der Waals surface area contributed by atoms with E-state index in [4.69, 9.17) is 11.6 Å². The van der Waals surface area contributed by atoms with Crippen LogP contribution in [0.3, 0.4) is 0 Å². The number of nitro groups is 1. The number of nitrogens with zero attached hydrogens (tertiary/aromatic N) is 5. The molecule has 32 heavy (non-hydrogen) atoms. The molecule has 0 bridgehead atoms. The molecule has 1 N–H and O–H groups in total. The summed E-state index contributed by atoms with van der Waals surface area (Å²) in [6.45, 7) is 1.76. The minimum Gasteiger partial charge on any atom is -0.301 e. The van der Waals surface area contributed by atoms with Crippen molar-refractivity contribution in [1.29, 1.82) is 0 Å². The molecule has 0 aliphatic carbocycles. The van der Waals surface area contributed by atoms with Crippen molar-refractivity contribution in [2.45, 2.75) is 17.3 Å². The molecule has 1 atom stereocenters. The molecular formula is C20H15ClN6O3S2. The lowest BCUT2D eigenvalue weighted by Crippen LogP contribution is -2.22. The first-order chi connectivity index (χ1) is 15.4. The Morgan fingerprint density at radius 2 is 2.09 bits per heavy atom. The molecule has 0 fully saturated rings. The largest absolute Gasteiger partial charge is 0.301 e. The van der Waals surface area contributed by atoms with Gasteiger partial charge in [-0.1, -0.05) is 41.6 Å². The van der Waals surface area contributed by atoms with Crippen molar-refractivity contribution < 1.29 is 9.72 Å². The summed E-state index contributed by atoms with van der Waals surface area (Å²) in [5, 5.41) is 24.6. The van der Waals surface area contributed by atoms with Crippen molar-refractivity contribution in [1.82, 2.24) is 19.7 Å². The lowest BCUT2D eigenvalue weighted by molar-refractivity contribution is -0.384. The molecule has 0 saturated heterocycles. The molecule has 0 radical (unpaired) electrons. The van der Waals surface area contributed by atoms with E-state index in [1.54, 1.807) is 47.5 Å². The van der Waals surface area contributed by atoms with E-state index in [1.165, 1.54) is 35.2 Å². The van der Waals surface area contributed by atoms with Gasteiger partial charge in [-0.3, -0.25) is 19.5 Å². The molecule has 1 unspecified atom stereocenters. The van der Waals surface area contributed by atoms with Gasteiger partial charge in [0.25, 0.3) is 5.69 Å². The number of rotatable bonds is 7. The number of amides is 1. The molecule has 0 saturated carbocycles. The van der Waals surface area contributed by atoms with Crippen LogP contribution in [0.5, 0.6) is 0 Å². The standard InChI is InChI=1S/C20H15ClN6O3S2/c1-12(32-20-25-22-11-26(20)15-6-3-5-14(21)9-15)18(28)24-19-23-17(10-31-19)13-4-2-7-16(8-13)27(29)30/h2-12H,1H3,(H,23,24,28). The summed E-state index contributed by atoms with van der Waals surface area (Å²) < 4.78 is 1.75. The fourth-order valence-corrected chi connectivity index (χ4v) is 4.52. The van der Waals surface area contributed by atoms with Gasteiger partial charge >= 0.3 is 0 Å². The number of nitrogens with one attached hydrogen (secondary N) is 1. The third kappa shape index (κ3) is 4.96. The third-order valence-corrected chi connectivity index (χ3v) is 6.39. The summed E-state index contributed by atoms with van der Waals surface area (Å²) >= 11 is 8.56. The highest BCUT2D eigenvalue weighted by Crippen LogP contribution is 2.29. The molecule has 4 rings (SSSR count). The molecule has 2 aromatic heterocycles. The summed E-state index contributed by atoms with van der Waals surface area (Å²) in [6.07, 6.45) is 1.56. The van der Waals surface area contributed by atoms with E-state index in [-0.39, 0.29) is 11.6 Å². The highest BCUT2D eigenvalue weighted by Gasteiger charge is 2.20. The first-order valence-electron chi connectivity index (χ1n) is 9.24. The van der Waals surface area contributed by atoms with Crippen molar-refractivity contribution in [2.24, 2.45) is 0 Å². The Bertz CT molecular complexity index is 1290. The maximum Gasteiger partial charge on any atom is 0.270 e. The van der Waals surface area contributed by atoms with Gasteiger partial charge in [0.1, 0.15) is 6.33 Å². The Morgan fingerprint density at radius 3 is 2.88 bits per heavy atom. The van der Waals surface area contributed by atoms with Crippen molar-refractivity contribution in [3.8, 4) is 16.9 Å². The van der Waals surface area contributed by atoms with E-state index in [9.17, 15) is 14.9 Å². The van der Waals surface area contributed by atoms with Crippen molar-refractivity contribution in [3.05, 3.63) is 75.4 Å². The number of anilines is 1. The lowest BCUT2D eigenvalue weighted by atomic mass is 10.1. The number of thiazole rings is 1. The van der Waals surface area contributed by atoms with Crippen molar-refractivity contribution in [2.75, 3.05) is 5.32 Å². The molecule has 0 spiro atoms. The van der Waals surface area contributed by atoms with E-state index in [0.29, 0.717) is 26.6 Å². The average molecular weight is 487 g/mol. The van der Waals surface area contributed by atoms with Gasteiger partial charge in [0, 0.05) is 28.1 Å². The van der Waals surface area contributed by atoms with Gasteiger partial charge in [0.15, 0.2) is 10.3 Å². The summed E-state index contributed by atoms with van der Waals surface area (Å²) in [5.74, 6) is -0.254. The fraction of sp³-hybridized carbons (Fsp3) is 0.100. The SMILES string of the molecule is CC(Sc1nncn1-c1cccc(Cl)c1)C(=O)Nc1nc(-c2cccc([N+](=O)[O-])c2)cs1. The molecule has 2 heterocycles. The minimum atomic E-state index is -0.484. The zero-order chi connectivity index (χ0) is 22.7. The van der Waals surface area contributed by atoms with Gasteiger partial charge < -0.3 is 5.32 Å². The van der Waals surface area contributed by atoms with Crippen LogP contribution in [-0.4, -0.2) is 35.8 Å². The molecule has 1 amide bonds. The Kier molecular flexibility index (Phi) is 6.49. The summed E-state index contributed by atoms with van der Waals surface area (Å²) in [4.78, 5) is 27.6. The number of hydrogen-bond donors (Lipinski definition) is 1. The molecule has 12 heteroatoms. The van der Waals surface area contributed by atoms with E-state index in [2.05, 4.69) is 20.5 Å². The average Bonchev–Trinajstić information content (AvgIpc) is 3.43. The van der Waals surface area contributed by atoms with Crippen LogP contribution in [0.25, 0.3) is 16.9 Å². The first-order valence-corrected chi connectivity index (χ1v) is 11.4. The number of benzene rings is 2. The van der Waals surface area contributed by atoms with Gasteiger partial charge in [-0.05, 0) is 25.1 Å². The summed E-state index contributed by atoms with van der Waals surface area (Å²) in [7, 11) is 0. The molecular weight excluding hydrogens is 472 g/mol. The Balaban J connectivity index is 1.44. The zero-order valence-corrected chi connectivity index (χ0v) is 18.9. The van der Waals surface area contributed by atoms with Gasteiger partial charge in [-0.15, -0.1) is 21.5 Å². The maximum atomic E-state index is 12.7. The second-order valence-corrected chi connectivity index (χ2v) is 9.16. The van der Waals surface area contributed by atoms with Crippen LogP contribution in [0.15, 0.2) is 65.4 Å². The third-order valence-electron chi connectivity index (χ3n) is 4.34. The van der Waals surface area contributed by atoms with Crippen LogP contribution in [0.4, 0.5) is 10.8 Å². The quantitative estimate of drug-likeness (QED) is 0.220. The van der Waals surface area contributed by atoms with Crippen LogP contribution >= 0.6 is 34.7 Å². The predicted molar refractivity (Wildman–Crippen MR) is 125 cm³/mol. The highest BCUT2D eigenvalue weighted by molar-refractivity contribution is 8.00. The zero-order valence-electron chi connectivity index (χ0n) is 16.5. The maximum absolute atomic E-state index is 12.7. The van der Waals surface area contributed by atoms with E-state index < -0.39 is 10.2 Å². The van der Waals surface area contributed by atoms with Gasteiger partial charge in [-0.25, -0.2) is 4.98 Å². The summed E-state index contributed by atoms with van der Waals surface area (Å²) in [5.41, 5.74) is 1.93. The normalized spacial score (nSPS) is 11.8. The number of nitro benzene ring substituents is 1. The Morgan fingerprint density at radius 1 is 1.28 bits per heavy atom. The fourth-order valence-electron chi connectivity index (χ4n) is 2.77. The highest BCUT2D eigenvalue weighted by atomic mass is 35.5. The van der Waals surface area contributed by atoms with Crippen LogP contribution in [0.2, 0.25) is 5.02 Å². The predicted octanol–water partition coefficient (Wildman–Crippen LogP) is 5.07. The molecule has 2 aromatic carbocycles. The summed E-state index contributed by atoms with van der Waals surface area (Å²) in [6, 6.07) is 13.4. The Hall–Kier alpha value is -3.28. The van der Waals surface area contributed by atoms with Gasteiger partial charge in [-0.2, -0.15) is 0 Å². The number of hydrogen-bond acceptors (Lipinski definition) is 8. The minimum absolute atomic E-state index is 0.0186. The molecule has 162 valence electrons. The number of aromatic nitrogens is 4. The first kappa shape index (κ1) is 21.9. The lowest BCUT2D eigenvalue weighted by Gasteiger charge is -2.11. The number of carbonyl (C=O) groups is 1. The van der Waals surface area contributed by atoms with Crippen LogP contribution < -0.4 is 5.32 Å². The Labute approximate surface area is 195 Å². The van der Waals surface area contributed by atoms with Crippen LogP contribution in [0, 0.1) is 10.1 Å². The number of thioether (sulfide) groups is 1. The van der Waals surface area contributed by atoms with Crippen molar-refractivity contribution >= 4 is 51.4 Å². The number of carbonyl (C=O) groups excluding carboxylic acids is 1. The van der Waals surface area contributed by atoms with Crippen molar-refractivity contribution in [3.63, 3.8) is 0 Å². The number of non-ortho nitro benzene ring substituents is 1. The van der Waals surface area contributed by atoms with E-state index in [1.807, 2.05) is 12.1 Å². The second-order valence-electron chi connectivity index (χ2n) is 6.56. The smallest absolute Gasteiger partial charge is 0.270 e. The second kappa shape index (κ2) is 9.47. The number of halogens is 1. The molecule has 0 aliphatic heterocycles. The van der Waals surface area contributed by atoms with Gasteiger partial charge in [0.2, 0.25) is 5.91 Å². The van der Waals surface area contributed by atoms with Crippen LogP contribution in [0.1, 0.15) is 6.92 Å². The van der Waals surface area contributed by atoms with E-state index >= 15 is 0 Å². The van der Waals surface area contributed by atoms with Gasteiger partial charge in [0.05, 0.1) is 21.6 Å².